The molecule has 0 saturated heterocycles. The zero-order valence-corrected chi connectivity index (χ0v) is 15.4. The molecule has 0 saturated carbocycles. The summed E-state index contributed by atoms with van der Waals surface area (Å²) in [5, 5.41) is 10.6. The van der Waals surface area contributed by atoms with Gasteiger partial charge in [-0.05, 0) is 26.3 Å². The SMILES string of the molecule is COC(=O)[C@H](Cc1cn(Cc2ccccc2)nn1)NC(=O)OC(C)(C)C. The van der Waals surface area contributed by atoms with E-state index in [1.165, 1.54) is 7.11 Å². The van der Waals surface area contributed by atoms with Crippen LogP contribution in [0.1, 0.15) is 32.0 Å². The fourth-order valence-corrected chi connectivity index (χ4v) is 2.27. The third-order valence-corrected chi connectivity index (χ3v) is 3.36. The zero-order valence-electron chi connectivity index (χ0n) is 15.4. The Kier molecular flexibility index (Phi) is 6.32. The molecule has 0 aliphatic rings. The van der Waals surface area contributed by atoms with Crippen molar-refractivity contribution in [3.05, 3.63) is 47.8 Å². The summed E-state index contributed by atoms with van der Waals surface area (Å²) >= 11 is 0. The molecule has 0 aliphatic heterocycles. The second kappa shape index (κ2) is 8.46. The number of rotatable bonds is 6. The standard InChI is InChI=1S/C18H24N4O4/c1-18(2,3)26-17(24)19-15(16(23)25-4)10-14-12-22(21-20-14)11-13-8-6-5-7-9-13/h5-9,12,15H,10-11H2,1-4H3,(H,19,24)/t15-/m0/s1. The Balaban J connectivity index is 2.02. The van der Waals surface area contributed by atoms with E-state index in [0.29, 0.717) is 12.2 Å². The fraction of sp³-hybridized carbons (Fsp3) is 0.444. The number of methoxy groups -OCH3 is 1. The normalized spacial score (nSPS) is 12.3. The van der Waals surface area contributed by atoms with E-state index in [9.17, 15) is 9.59 Å². The molecule has 0 radical (unpaired) electrons. The van der Waals surface area contributed by atoms with Crippen LogP contribution in [0.4, 0.5) is 4.79 Å². The van der Waals surface area contributed by atoms with E-state index < -0.39 is 23.7 Å². The molecule has 0 aliphatic carbocycles. The van der Waals surface area contributed by atoms with Crippen LogP contribution in [0.3, 0.4) is 0 Å². The maximum absolute atomic E-state index is 12.0. The molecule has 1 heterocycles. The molecule has 140 valence electrons. The molecule has 8 nitrogen and oxygen atoms in total. The summed E-state index contributed by atoms with van der Waals surface area (Å²) in [5.41, 5.74) is 0.983. The number of esters is 1. The smallest absolute Gasteiger partial charge is 0.408 e. The largest absolute Gasteiger partial charge is 0.467 e. The summed E-state index contributed by atoms with van der Waals surface area (Å²) in [5.74, 6) is -0.575. The van der Waals surface area contributed by atoms with Crippen LogP contribution in [0.2, 0.25) is 0 Å². The molecular weight excluding hydrogens is 336 g/mol. The van der Waals surface area contributed by atoms with Gasteiger partial charge in [-0.2, -0.15) is 0 Å². The molecule has 0 bridgehead atoms. The molecule has 26 heavy (non-hydrogen) atoms. The summed E-state index contributed by atoms with van der Waals surface area (Å²) in [6.45, 7) is 5.80. The van der Waals surface area contributed by atoms with E-state index in [2.05, 4.69) is 15.6 Å². The molecule has 1 N–H and O–H groups in total. The van der Waals surface area contributed by atoms with Crippen molar-refractivity contribution in [2.45, 2.75) is 45.4 Å². The van der Waals surface area contributed by atoms with Gasteiger partial charge in [-0.1, -0.05) is 35.5 Å². The molecule has 1 amide bonds. The number of amides is 1. The van der Waals surface area contributed by atoms with Gasteiger partial charge < -0.3 is 14.8 Å². The van der Waals surface area contributed by atoms with Gasteiger partial charge in [0.2, 0.25) is 0 Å². The number of carbonyl (C=O) groups excluding carboxylic acids is 2. The quantitative estimate of drug-likeness (QED) is 0.791. The first-order valence-electron chi connectivity index (χ1n) is 8.27. The van der Waals surface area contributed by atoms with Crippen molar-refractivity contribution >= 4 is 12.1 Å². The highest BCUT2D eigenvalue weighted by molar-refractivity contribution is 5.81. The highest BCUT2D eigenvalue weighted by Gasteiger charge is 2.26. The minimum absolute atomic E-state index is 0.153. The minimum Gasteiger partial charge on any atom is -0.467 e. The number of ether oxygens (including phenoxy) is 2. The molecule has 0 fully saturated rings. The van der Waals surface area contributed by atoms with E-state index in [4.69, 9.17) is 9.47 Å². The maximum Gasteiger partial charge on any atom is 0.408 e. The highest BCUT2D eigenvalue weighted by Crippen LogP contribution is 2.09. The van der Waals surface area contributed by atoms with Crippen molar-refractivity contribution in [3.63, 3.8) is 0 Å². The number of alkyl carbamates (subject to hydrolysis) is 1. The third-order valence-electron chi connectivity index (χ3n) is 3.36. The highest BCUT2D eigenvalue weighted by atomic mass is 16.6. The first-order valence-corrected chi connectivity index (χ1v) is 8.27. The monoisotopic (exact) mass is 360 g/mol. The number of hydrogen-bond acceptors (Lipinski definition) is 6. The van der Waals surface area contributed by atoms with Gasteiger partial charge in [0.05, 0.1) is 19.3 Å². The molecule has 2 aromatic rings. The van der Waals surface area contributed by atoms with Crippen LogP contribution in [-0.2, 0) is 27.2 Å². The van der Waals surface area contributed by atoms with Crippen LogP contribution in [0.5, 0.6) is 0 Å². The topological polar surface area (TPSA) is 95.3 Å². The molecule has 1 aromatic carbocycles. The van der Waals surface area contributed by atoms with Gasteiger partial charge in [-0.15, -0.1) is 5.10 Å². The van der Waals surface area contributed by atoms with E-state index in [0.717, 1.165) is 5.56 Å². The molecule has 2 rings (SSSR count). The Morgan fingerprint density at radius 2 is 1.92 bits per heavy atom. The Hall–Kier alpha value is -2.90. The summed E-state index contributed by atoms with van der Waals surface area (Å²) in [6.07, 6.45) is 1.20. The van der Waals surface area contributed by atoms with Gasteiger partial charge in [-0.3, -0.25) is 0 Å². The van der Waals surface area contributed by atoms with Crippen LogP contribution in [-0.4, -0.2) is 45.8 Å². The van der Waals surface area contributed by atoms with Gasteiger partial charge in [0.25, 0.3) is 0 Å². The van der Waals surface area contributed by atoms with Crippen molar-refractivity contribution < 1.29 is 19.1 Å². The number of carbonyl (C=O) groups is 2. The number of aromatic nitrogens is 3. The molecule has 1 atom stereocenters. The number of benzene rings is 1. The Bertz CT molecular complexity index is 737. The average Bonchev–Trinajstić information content (AvgIpc) is 2.99. The first kappa shape index (κ1) is 19.4. The molecular formula is C18H24N4O4. The summed E-state index contributed by atoms with van der Waals surface area (Å²) < 4.78 is 11.6. The average molecular weight is 360 g/mol. The van der Waals surface area contributed by atoms with E-state index in [-0.39, 0.29) is 6.42 Å². The lowest BCUT2D eigenvalue weighted by molar-refractivity contribution is -0.143. The molecule has 1 aromatic heterocycles. The predicted octanol–water partition coefficient (Wildman–Crippen LogP) is 1.94. The zero-order chi connectivity index (χ0) is 19.2. The Morgan fingerprint density at radius 1 is 1.23 bits per heavy atom. The van der Waals surface area contributed by atoms with Crippen molar-refractivity contribution in [1.82, 2.24) is 20.3 Å². The van der Waals surface area contributed by atoms with E-state index in [1.54, 1.807) is 31.6 Å². The van der Waals surface area contributed by atoms with Gasteiger partial charge in [0, 0.05) is 12.6 Å². The summed E-state index contributed by atoms with van der Waals surface area (Å²) in [7, 11) is 1.26. The van der Waals surface area contributed by atoms with Crippen LogP contribution < -0.4 is 5.32 Å². The van der Waals surface area contributed by atoms with Gasteiger partial charge in [-0.25, -0.2) is 14.3 Å². The minimum atomic E-state index is -0.906. The maximum atomic E-state index is 12.0. The van der Waals surface area contributed by atoms with Gasteiger partial charge >= 0.3 is 12.1 Å². The number of nitrogens with one attached hydrogen (secondary N) is 1. The van der Waals surface area contributed by atoms with Crippen LogP contribution in [0.25, 0.3) is 0 Å². The van der Waals surface area contributed by atoms with Crippen LogP contribution >= 0.6 is 0 Å². The van der Waals surface area contributed by atoms with Crippen molar-refractivity contribution in [1.29, 1.82) is 0 Å². The second-order valence-electron chi connectivity index (χ2n) is 6.82. The second-order valence-corrected chi connectivity index (χ2v) is 6.82. The van der Waals surface area contributed by atoms with E-state index >= 15 is 0 Å². The Morgan fingerprint density at radius 3 is 2.54 bits per heavy atom. The molecule has 0 spiro atoms. The number of hydrogen-bond donors (Lipinski definition) is 1. The van der Waals surface area contributed by atoms with Gasteiger partial charge in [0.15, 0.2) is 0 Å². The molecule has 0 unspecified atom stereocenters. The number of nitrogens with zero attached hydrogens (tertiary/aromatic N) is 3. The van der Waals surface area contributed by atoms with Crippen LogP contribution in [0, 0.1) is 0 Å². The third kappa shape index (κ3) is 6.19. The van der Waals surface area contributed by atoms with Crippen molar-refractivity contribution in [2.24, 2.45) is 0 Å². The fourth-order valence-electron chi connectivity index (χ4n) is 2.27. The predicted molar refractivity (Wildman–Crippen MR) is 94.4 cm³/mol. The van der Waals surface area contributed by atoms with E-state index in [1.807, 2.05) is 30.3 Å². The van der Waals surface area contributed by atoms with Gasteiger partial charge in [0.1, 0.15) is 11.6 Å². The lowest BCUT2D eigenvalue weighted by atomic mass is 10.1. The summed E-state index contributed by atoms with van der Waals surface area (Å²) in [4.78, 5) is 23.9. The van der Waals surface area contributed by atoms with Crippen molar-refractivity contribution in [3.8, 4) is 0 Å². The van der Waals surface area contributed by atoms with Crippen molar-refractivity contribution in [2.75, 3.05) is 7.11 Å². The Labute approximate surface area is 152 Å². The lowest BCUT2D eigenvalue weighted by Crippen LogP contribution is -2.45. The molecule has 8 heteroatoms. The lowest BCUT2D eigenvalue weighted by Gasteiger charge is -2.22. The van der Waals surface area contributed by atoms with Crippen LogP contribution in [0.15, 0.2) is 36.5 Å². The first-order chi connectivity index (χ1) is 12.3. The summed E-state index contributed by atoms with van der Waals surface area (Å²) in [6, 6.07) is 8.91.